The van der Waals surface area contributed by atoms with E-state index >= 15 is 0 Å². The molecular weight excluding hydrogens is 328 g/mol. The lowest BCUT2D eigenvalue weighted by Gasteiger charge is -2.22. The SMILES string of the molecule is Clc1ccc(-c2cc3sc(NC4CCCCC4)nc3nn2)cc1. The monoisotopic (exact) mass is 344 g/mol. The number of nitrogens with one attached hydrogen (secondary N) is 1. The maximum atomic E-state index is 5.94. The topological polar surface area (TPSA) is 50.7 Å². The third-order valence-electron chi connectivity index (χ3n) is 4.23. The Morgan fingerprint density at radius 2 is 1.83 bits per heavy atom. The van der Waals surface area contributed by atoms with Gasteiger partial charge in [-0.1, -0.05) is 54.3 Å². The Bertz CT molecular complexity index is 809. The molecule has 4 rings (SSSR count). The molecule has 0 saturated heterocycles. The number of fused-ring (bicyclic) bond motifs is 1. The van der Waals surface area contributed by atoms with Gasteiger partial charge in [0.15, 0.2) is 10.8 Å². The molecule has 1 aliphatic rings. The van der Waals surface area contributed by atoms with Crippen LogP contribution in [0.1, 0.15) is 32.1 Å². The molecule has 6 heteroatoms. The first-order valence-corrected chi connectivity index (χ1v) is 9.14. The summed E-state index contributed by atoms with van der Waals surface area (Å²) in [4.78, 5) is 4.57. The van der Waals surface area contributed by atoms with E-state index in [4.69, 9.17) is 11.6 Å². The molecule has 4 nitrogen and oxygen atoms in total. The maximum absolute atomic E-state index is 5.94. The maximum Gasteiger partial charge on any atom is 0.194 e. The molecule has 0 radical (unpaired) electrons. The van der Waals surface area contributed by atoms with Gasteiger partial charge in [0, 0.05) is 16.6 Å². The molecule has 1 aromatic carbocycles. The van der Waals surface area contributed by atoms with Crippen LogP contribution in [0.5, 0.6) is 0 Å². The average Bonchev–Trinajstić information content (AvgIpc) is 2.98. The molecule has 1 N–H and O–H groups in total. The highest BCUT2D eigenvalue weighted by molar-refractivity contribution is 7.22. The van der Waals surface area contributed by atoms with E-state index in [0.29, 0.717) is 11.7 Å². The second-order valence-electron chi connectivity index (χ2n) is 5.92. The fraction of sp³-hybridized carbons (Fsp3) is 0.353. The molecule has 0 unspecified atom stereocenters. The molecule has 0 amide bonds. The largest absolute Gasteiger partial charge is 0.359 e. The lowest BCUT2D eigenvalue weighted by atomic mass is 9.96. The molecule has 23 heavy (non-hydrogen) atoms. The summed E-state index contributed by atoms with van der Waals surface area (Å²) < 4.78 is 1.06. The van der Waals surface area contributed by atoms with Crippen molar-refractivity contribution in [2.75, 3.05) is 5.32 Å². The van der Waals surface area contributed by atoms with E-state index in [-0.39, 0.29) is 0 Å². The summed E-state index contributed by atoms with van der Waals surface area (Å²) in [5.74, 6) is 0. The Kier molecular flexibility index (Phi) is 4.14. The van der Waals surface area contributed by atoms with Gasteiger partial charge in [0.25, 0.3) is 0 Å². The predicted octanol–water partition coefficient (Wildman–Crippen LogP) is 5.15. The summed E-state index contributed by atoms with van der Waals surface area (Å²) in [6.45, 7) is 0. The van der Waals surface area contributed by atoms with Crippen molar-refractivity contribution >= 4 is 38.4 Å². The smallest absolute Gasteiger partial charge is 0.194 e. The van der Waals surface area contributed by atoms with Crippen LogP contribution < -0.4 is 5.32 Å². The molecule has 1 saturated carbocycles. The molecule has 3 aromatic rings. The van der Waals surface area contributed by atoms with Crippen LogP contribution in [0.15, 0.2) is 30.3 Å². The van der Waals surface area contributed by atoms with Crippen LogP contribution in [-0.4, -0.2) is 21.2 Å². The van der Waals surface area contributed by atoms with Gasteiger partial charge in [-0.2, -0.15) is 4.98 Å². The molecule has 1 aliphatic carbocycles. The molecular formula is C17H17ClN4S. The van der Waals surface area contributed by atoms with Crippen LogP contribution >= 0.6 is 22.9 Å². The summed E-state index contributed by atoms with van der Waals surface area (Å²) in [6, 6.07) is 10.3. The number of thiazole rings is 1. The fourth-order valence-electron chi connectivity index (χ4n) is 2.99. The fourth-order valence-corrected chi connectivity index (χ4v) is 4.03. The molecule has 2 heterocycles. The number of aromatic nitrogens is 3. The van der Waals surface area contributed by atoms with Crippen molar-refractivity contribution in [1.82, 2.24) is 15.2 Å². The van der Waals surface area contributed by atoms with Gasteiger partial charge in [0.1, 0.15) is 0 Å². The first-order valence-electron chi connectivity index (χ1n) is 7.95. The zero-order valence-electron chi connectivity index (χ0n) is 12.6. The standard InChI is InChI=1S/C17H17ClN4S/c18-12-8-6-11(7-9-12)14-10-15-16(22-21-14)20-17(23-15)19-13-4-2-1-3-5-13/h6-10,13H,1-5H2,(H,19,20,22). The van der Waals surface area contributed by atoms with Crippen molar-refractivity contribution in [3.05, 3.63) is 35.4 Å². The summed E-state index contributed by atoms with van der Waals surface area (Å²) in [5, 5.41) is 13.8. The van der Waals surface area contributed by atoms with Crippen molar-refractivity contribution in [2.45, 2.75) is 38.1 Å². The minimum absolute atomic E-state index is 0.549. The van der Waals surface area contributed by atoms with Gasteiger partial charge in [-0.05, 0) is 31.0 Å². The number of rotatable bonds is 3. The van der Waals surface area contributed by atoms with E-state index in [2.05, 4.69) is 26.6 Å². The van der Waals surface area contributed by atoms with Gasteiger partial charge in [-0.3, -0.25) is 0 Å². The predicted molar refractivity (Wildman–Crippen MR) is 96.2 cm³/mol. The van der Waals surface area contributed by atoms with Crippen LogP contribution in [0.25, 0.3) is 21.6 Å². The number of nitrogens with zero attached hydrogens (tertiary/aromatic N) is 3. The molecule has 0 spiro atoms. The number of halogens is 1. The van der Waals surface area contributed by atoms with E-state index in [1.54, 1.807) is 11.3 Å². The van der Waals surface area contributed by atoms with Crippen LogP contribution in [0, 0.1) is 0 Å². The highest BCUT2D eigenvalue weighted by Gasteiger charge is 2.15. The van der Waals surface area contributed by atoms with Crippen molar-refractivity contribution in [3.63, 3.8) is 0 Å². The van der Waals surface area contributed by atoms with E-state index in [9.17, 15) is 0 Å². The zero-order valence-corrected chi connectivity index (χ0v) is 14.2. The second-order valence-corrected chi connectivity index (χ2v) is 7.39. The van der Waals surface area contributed by atoms with Crippen LogP contribution in [-0.2, 0) is 0 Å². The van der Waals surface area contributed by atoms with Gasteiger partial charge in [0.05, 0.1) is 10.4 Å². The van der Waals surface area contributed by atoms with E-state index in [0.717, 1.165) is 26.1 Å². The summed E-state index contributed by atoms with van der Waals surface area (Å²) >= 11 is 7.59. The molecule has 2 aromatic heterocycles. The minimum Gasteiger partial charge on any atom is -0.359 e. The second kappa shape index (κ2) is 6.42. The van der Waals surface area contributed by atoms with Gasteiger partial charge >= 0.3 is 0 Å². The quantitative estimate of drug-likeness (QED) is 0.713. The Hall–Kier alpha value is -1.72. The highest BCUT2D eigenvalue weighted by atomic mass is 35.5. The summed E-state index contributed by atoms with van der Waals surface area (Å²) in [6.07, 6.45) is 6.44. The molecule has 0 bridgehead atoms. The highest BCUT2D eigenvalue weighted by Crippen LogP contribution is 2.30. The van der Waals surface area contributed by atoms with Crippen LogP contribution in [0.4, 0.5) is 5.13 Å². The van der Waals surface area contributed by atoms with E-state index in [1.807, 2.05) is 24.3 Å². The Balaban J connectivity index is 1.60. The Morgan fingerprint density at radius 3 is 2.61 bits per heavy atom. The number of hydrogen-bond donors (Lipinski definition) is 1. The van der Waals surface area contributed by atoms with Gasteiger partial charge in [-0.15, -0.1) is 10.2 Å². The van der Waals surface area contributed by atoms with Crippen molar-refractivity contribution in [2.24, 2.45) is 0 Å². The Morgan fingerprint density at radius 1 is 1.04 bits per heavy atom. The van der Waals surface area contributed by atoms with E-state index in [1.165, 1.54) is 32.1 Å². The van der Waals surface area contributed by atoms with E-state index < -0.39 is 0 Å². The number of benzene rings is 1. The van der Waals surface area contributed by atoms with Crippen molar-refractivity contribution < 1.29 is 0 Å². The van der Waals surface area contributed by atoms with Gasteiger partial charge in [0.2, 0.25) is 0 Å². The van der Waals surface area contributed by atoms with Gasteiger partial charge < -0.3 is 5.32 Å². The van der Waals surface area contributed by atoms with Crippen molar-refractivity contribution in [1.29, 1.82) is 0 Å². The zero-order chi connectivity index (χ0) is 15.6. The van der Waals surface area contributed by atoms with Crippen LogP contribution in [0.2, 0.25) is 5.02 Å². The molecule has 0 atom stereocenters. The normalized spacial score (nSPS) is 15.9. The number of hydrogen-bond acceptors (Lipinski definition) is 5. The number of anilines is 1. The van der Waals surface area contributed by atoms with Crippen molar-refractivity contribution in [3.8, 4) is 11.3 Å². The molecule has 1 fully saturated rings. The lowest BCUT2D eigenvalue weighted by molar-refractivity contribution is 0.462. The first kappa shape index (κ1) is 14.8. The summed E-state index contributed by atoms with van der Waals surface area (Å²) in [5.41, 5.74) is 2.58. The van der Waals surface area contributed by atoms with Gasteiger partial charge in [-0.25, -0.2) is 0 Å². The third-order valence-corrected chi connectivity index (χ3v) is 5.40. The summed E-state index contributed by atoms with van der Waals surface area (Å²) in [7, 11) is 0. The van der Waals surface area contributed by atoms with Crippen LogP contribution in [0.3, 0.4) is 0 Å². The first-order chi connectivity index (χ1) is 11.3. The minimum atomic E-state index is 0.549. The average molecular weight is 345 g/mol. The third kappa shape index (κ3) is 3.31. The Labute approximate surface area is 143 Å². The molecule has 0 aliphatic heterocycles. The lowest BCUT2D eigenvalue weighted by Crippen LogP contribution is -2.21. The molecule has 118 valence electrons.